The molecule has 2 aromatic rings. The highest BCUT2D eigenvalue weighted by molar-refractivity contribution is 7.09. The van der Waals surface area contributed by atoms with Crippen molar-refractivity contribution in [2.45, 2.75) is 26.3 Å². The Hall–Kier alpha value is -1.79. The van der Waals surface area contributed by atoms with Crippen molar-refractivity contribution in [3.8, 4) is 0 Å². The Balaban J connectivity index is 1.45. The third-order valence-electron chi connectivity index (χ3n) is 4.82. The molecule has 0 bridgehead atoms. The summed E-state index contributed by atoms with van der Waals surface area (Å²) < 4.78 is 0. The molecule has 2 fully saturated rings. The summed E-state index contributed by atoms with van der Waals surface area (Å²) in [6.45, 7) is 5.73. The zero-order valence-corrected chi connectivity index (χ0v) is 14.1. The smallest absolute Gasteiger partial charge is 0.228 e. The van der Waals surface area contributed by atoms with Crippen LogP contribution in [0.4, 0.5) is 5.82 Å². The van der Waals surface area contributed by atoms with Gasteiger partial charge in [0.2, 0.25) is 5.91 Å². The molecule has 2 aliphatic heterocycles. The summed E-state index contributed by atoms with van der Waals surface area (Å²) in [5.41, 5.74) is 1.23. The summed E-state index contributed by atoms with van der Waals surface area (Å²) >= 11 is 1.70. The van der Waals surface area contributed by atoms with Crippen molar-refractivity contribution in [1.29, 1.82) is 0 Å². The predicted octanol–water partition coefficient (Wildman–Crippen LogP) is 2.48. The molecule has 0 radical (unpaired) electrons. The number of likely N-dealkylation sites (tertiary alicyclic amines) is 1. The zero-order valence-electron chi connectivity index (χ0n) is 13.2. The first-order valence-corrected chi connectivity index (χ1v) is 8.86. The lowest BCUT2D eigenvalue weighted by atomic mass is 9.86. The lowest BCUT2D eigenvalue weighted by Crippen LogP contribution is -2.31. The number of thiazole rings is 1. The second-order valence-corrected chi connectivity index (χ2v) is 7.73. The second kappa shape index (κ2) is 5.69. The highest BCUT2D eigenvalue weighted by Gasteiger charge is 2.48. The van der Waals surface area contributed by atoms with E-state index in [9.17, 15) is 4.79 Å². The van der Waals surface area contributed by atoms with Crippen molar-refractivity contribution in [2.24, 2.45) is 5.41 Å². The quantitative estimate of drug-likeness (QED) is 0.868. The van der Waals surface area contributed by atoms with Crippen molar-refractivity contribution < 1.29 is 4.79 Å². The standard InChI is InChI=1S/C17H20N4OS/c1-13-19-14(10-23-13)9-20-7-5-17(11-20)8-16(22)21(12-17)15-4-2-3-6-18-15/h2-4,6,10H,5,7-9,11-12H2,1H3/t17-/m0/s1. The largest absolute Gasteiger partial charge is 0.297 e. The number of hydrogen-bond acceptors (Lipinski definition) is 5. The molecule has 1 spiro atoms. The molecule has 2 aliphatic rings. The van der Waals surface area contributed by atoms with Gasteiger partial charge in [0, 0.05) is 43.0 Å². The van der Waals surface area contributed by atoms with Crippen LogP contribution in [-0.2, 0) is 11.3 Å². The molecule has 0 N–H and O–H groups in total. The summed E-state index contributed by atoms with van der Waals surface area (Å²) in [5, 5.41) is 3.26. The van der Waals surface area contributed by atoms with E-state index in [0.29, 0.717) is 6.42 Å². The van der Waals surface area contributed by atoms with E-state index >= 15 is 0 Å². The SMILES string of the molecule is Cc1nc(CN2CC[C@]3(CC(=O)N(c4ccccn4)C3)C2)cs1. The molecule has 0 aliphatic carbocycles. The van der Waals surface area contributed by atoms with Gasteiger partial charge >= 0.3 is 0 Å². The fourth-order valence-corrected chi connectivity index (χ4v) is 4.37. The van der Waals surface area contributed by atoms with E-state index in [1.54, 1.807) is 17.5 Å². The molecule has 0 aromatic carbocycles. The van der Waals surface area contributed by atoms with Crippen LogP contribution in [0.1, 0.15) is 23.5 Å². The van der Waals surface area contributed by atoms with Crippen molar-refractivity contribution in [2.75, 3.05) is 24.5 Å². The highest BCUT2D eigenvalue weighted by atomic mass is 32.1. The van der Waals surface area contributed by atoms with Crippen LogP contribution in [0.5, 0.6) is 0 Å². The Morgan fingerprint density at radius 1 is 1.35 bits per heavy atom. The average Bonchev–Trinajstić information content (AvgIpc) is 3.22. The molecular formula is C17H20N4OS. The number of aryl methyl sites for hydroxylation is 1. The molecule has 2 aromatic heterocycles. The Morgan fingerprint density at radius 2 is 2.26 bits per heavy atom. The van der Waals surface area contributed by atoms with E-state index in [0.717, 1.165) is 49.1 Å². The lowest BCUT2D eigenvalue weighted by Gasteiger charge is -2.23. The minimum absolute atomic E-state index is 0.0830. The molecule has 0 unspecified atom stereocenters. The summed E-state index contributed by atoms with van der Waals surface area (Å²) in [5.74, 6) is 0.984. The second-order valence-electron chi connectivity index (χ2n) is 6.66. The van der Waals surface area contributed by atoms with Gasteiger partial charge in [-0.1, -0.05) is 6.07 Å². The van der Waals surface area contributed by atoms with Gasteiger partial charge in [-0.25, -0.2) is 9.97 Å². The topological polar surface area (TPSA) is 49.3 Å². The number of hydrogen-bond donors (Lipinski definition) is 0. The summed E-state index contributed by atoms with van der Waals surface area (Å²) in [6.07, 6.45) is 3.46. The molecular weight excluding hydrogens is 308 g/mol. The Kier molecular flexibility index (Phi) is 3.66. The van der Waals surface area contributed by atoms with Crippen LogP contribution >= 0.6 is 11.3 Å². The van der Waals surface area contributed by atoms with Gasteiger partial charge in [0.25, 0.3) is 0 Å². The van der Waals surface area contributed by atoms with E-state index in [-0.39, 0.29) is 11.3 Å². The summed E-state index contributed by atoms with van der Waals surface area (Å²) in [7, 11) is 0. The van der Waals surface area contributed by atoms with Crippen LogP contribution in [0.3, 0.4) is 0 Å². The average molecular weight is 328 g/mol. The fourth-order valence-electron chi connectivity index (χ4n) is 3.76. The molecule has 1 amide bonds. The number of aromatic nitrogens is 2. The van der Waals surface area contributed by atoms with Gasteiger partial charge < -0.3 is 0 Å². The van der Waals surface area contributed by atoms with E-state index in [1.807, 2.05) is 30.0 Å². The molecule has 4 heterocycles. The number of rotatable bonds is 3. The Bertz CT molecular complexity index is 716. The van der Waals surface area contributed by atoms with Gasteiger partial charge in [-0.05, 0) is 32.0 Å². The van der Waals surface area contributed by atoms with Crippen molar-refractivity contribution in [1.82, 2.24) is 14.9 Å². The maximum absolute atomic E-state index is 12.5. The first-order chi connectivity index (χ1) is 11.1. The van der Waals surface area contributed by atoms with Crippen LogP contribution in [-0.4, -0.2) is 40.4 Å². The molecule has 0 saturated carbocycles. The van der Waals surface area contributed by atoms with Gasteiger partial charge in [0.05, 0.1) is 10.7 Å². The minimum atomic E-state index is 0.0830. The summed E-state index contributed by atoms with van der Waals surface area (Å²) in [4.78, 5) is 25.6. The van der Waals surface area contributed by atoms with E-state index < -0.39 is 0 Å². The summed E-state index contributed by atoms with van der Waals surface area (Å²) in [6, 6.07) is 5.74. The minimum Gasteiger partial charge on any atom is -0.297 e. The third-order valence-corrected chi connectivity index (χ3v) is 5.64. The molecule has 6 heteroatoms. The van der Waals surface area contributed by atoms with Crippen molar-refractivity contribution >= 4 is 23.1 Å². The Labute approximate surface area is 140 Å². The number of anilines is 1. The first-order valence-electron chi connectivity index (χ1n) is 7.98. The fraction of sp³-hybridized carbons (Fsp3) is 0.471. The van der Waals surface area contributed by atoms with Crippen LogP contribution in [0, 0.1) is 12.3 Å². The first kappa shape index (κ1) is 14.8. The van der Waals surface area contributed by atoms with Crippen LogP contribution in [0.25, 0.3) is 0 Å². The van der Waals surface area contributed by atoms with E-state index in [1.165, 1.54) is 0 Å². The molecule has 2 saturated heterocycles. The molecule has 5 nitrogen and oxygen atoms in total. The van der Waals surface area contributed by atoms with Crippen LogP contribution in [0.2, 0.25) is 0 Å². The highest BCUT2D eigenvalue weighted by Crippen LogP contribution is 2.41. The van der Waals surface area contributed by atoms with Gasteiger partial charge in [0.1, 0.15) is 5.82 Å². The lowest BCUT2D eigenvalue weighted by molar-refractivity contribution is -0.117. The van der Waals surface area contributed by atoms with Crippen LogP contribution in [0.15, 0.2) is 29.8 Å². The maximum Gasteiger partial charge on any atom is 0.228 e. The molecule has 4 rings (SSSR count). The maximum atomic E-state index is 12.5. The number of carbonyl (C=O) groups excluding carboxylic acids is 1. The van der Waals surface area contributed by atoms with Crippen molar-refractivity contribution in [3.05, 3.63) is 40.5 Å². The number of amides is 1. The van der Waals surface area contributed by atoms with Gasteiger partial charge in [-0.2, -0.15) is 0 Å². The van der Waals surface area contributed by atoms with E-state index in [4.69, 9.17) is 0 Å². The number of nitrogens with zero attached hydrogens (tertiary/aromatic N) is 4. The third kappa shape index (κ3) is 2.88. The van der Waals surface area contributed by atoms with Gasteiger partial charge in [0.15, 0.2) is 0 Å². The predicted molar refractivity (Wildman–Crippen MR) is 90.4 cm³/mol. The monoisotopic (exact) mass is 328 g/mol. The van der Waals surface area contributed by atoms with Gasteiger partial charge in [-0.15, -0.1) is 11.3 Å². The Morgan fingerprint density at radius 3 is 3.00 bits per heavy atom. The van der Waals surface area contributed by atoms with Gasteiger partial charge in [-0.3, -0.25) is 14.6 Å². The molecule has 1 atom stereocenters. The number of carbonyl (C=O) groups is 1. The zero-order chi connectivity index (χ0) is 15.9. The normalized spacial score (nSPS) is 24.9. The van der Waals surface area contributed by atoms with Crippen LogP contribution < -0.4 is 4.90 Å². The van der Waals surface area contributed by atoms with Crippen molar-refractivity contribution in [3.63, 3.8) is 0 Å². The molecule has 23 heavy (non-hydrogen) atoms. The molecule has 120 valence electrons. The number of pyridine rings is 1. The van der Waals surface area contributed by atoms with E-state index in [2.05, 4.69) is 20.2 Å².